The predicted octanol–water partition coefficient (Wildman–Crippen LogP) is 25.0. The van der Waals surface area contributed by atoms with E-state index in [4.69, 9.17) is 6.57 Å². The Balaban J connectivity index is 1.06. The Kier molecular flexibility index (Phi) is 12.6. The summed E-state index contributed by atoms with van der Waals surface area (Å²) in [6, 6.07) is 97.2. The van der Waals surface area contributed by atoms with Crippen LogP contribution in [0.2, 0.25) is 0 Å². The second-order valence-electron chi connectivity index (χ2n) is 30.4. The lowest BCUT2D eigenvalue weighted by Gasteiger charge is -2.46. The first-order valence-corrected chi connectivity index (χ1v) is 36.4. The number of nitriles is 1. The molecule has 2 aliphatic heterocycles. The molecule has 2 aliphatic rings. The van der Waals surface area contributed by atoms with Crippen molar-refractivity contribution < 1.29 is 9.60 Å². The molecule has 0 bridgehead atoms. The van der Waals surface area contributed by atoms with Gasteiger partial charge in [0.25, 0.3) is 6.71 Å². The molecular formula is C100H71BN6. The van der Waals surface area contributed by atoms with Crippen molar-refractivity contribution >= 4 is 123 Å². The zero-order valence-electron chi connectivity index (χ0n) is 66.8. The van der Waals surface area contributed by atoms with Gasteiger partial charge in [-0.05, 0) is 168 Å². The lowest BCUT2D eigenvalue weighted by atomic mass is 9.33. The van der Waals surface area contributed by atoms with Crippen molar-refractivity contribution in [3.05, 3.63) is 349 Å². The maximum Gasteiger partial charge on any atom is 0.252 e. The number of para-hydroxylation sites is 3. The van der Waals surface area contributed by atoms with Gasteiger partial charge in [-0.15, -0.1) is 0 Å². The van der Waals surface area contributed by atoms with E-state index in [9.17, 15) is 14.9 Å². The summed E-state index contributed by atoms with van der Waals surface area (Å²) in [6.07, 6.45) is 0. The number of hydrogen-bond donors (Lipinski definition) is 0. The Morgan fingerprint density at radius 1 is 0.393 bits per heavy atom. The van der Waals surface area contributed by atoms with Gasteiger partial charge in [0.05, 0.1) is 78.1 Å². The molecule has 0 saturated heterocycles. The second kappa shape index (κ2) is 24.1. The van der Waals surface area contributed by atoms with Crippen LogP contribution in [0.25, 0.3) is 137 Å². The molecule has 107 heavy (non-hydrogen) atoms. The molecule has 0 saturated carbocycles. The maximum absolute atomic E-state index is 11.0. The van der Waals surface area contributed by atoms with Crippen molar-refractivity contribution in [3.63, 3.8) is 0 Å². The molecule has 5 heterocycles. The Morgan fingerprint density at radius 2 is 0.897 bits per heavy atom. The number of nitrogens with zero attached hydrogens (tertiary/aromatic N) is 6. The van der Waals surface area contributed by atoms with Gasteiger partial charge in [-0.2, -0.15) is 5.26 Å². The van der Waals surface area contributed by atoms with Gasteiger partial charge in [-0.1, -0.05) is 278 Å². The van der Waals surface area contributed by atoms with Crippen LogP contribution in [0.1, 0.15) is 67.8 Å². The van der Waals surface area contributed by atoms with E-state index in [2.05, 4.69) is 261 Å². The highest BCUT2D eigenvalue weighted by atomic mass is 15.2. The van der Waals surface area contributed by atoms with Crippen LogP contribution in [-0.4, -0.2) is 15.7 Å². The fourth-order valence-electron chi connectivity index (χ4n) is 17.2. The van der Waals surface area contributed by atoms with Crippen LogP contribution in [-0.2, 0) is 10.8 Å². The minimum absolute atomic E-state index is 0.0390. The Labute approximate surface area is 633 Å². The SMILES string of the molecule is [2H]c1c([2H])c([2H])c2c(c1[2H])c1c([2H])c([2H])c(-c3ccccc3)c([2H])c1n2-c1ccc2c(c1)N(c1c(-c3ccccc3)cc(C(C)(C)C)cc1-c1cccc([N+]#[C-])c1)c1c3c(c4c5ccccc5n5c6ccccc6c1c45)N(c1c(-c4ccccc4)cc(C(C)(C)C)cc1-c1cccc(C#N)c1)c1ccc(-c4ccccc4)cc1B23. The van der Waals surface area contributed by atoms with Crippen LogP contribution in [0.4, 0.5) is 39.8 Å². The molecule has 0 atom stereocenters. The number of rotatable bonds is 9. The van der Waals surface area contributed by atoms with Crippen LogP contribution in [0, 0.1) is 17.9 Å². The van der Waals surface area contributed by atoms with Crippen molar-refractivity contribution in [3.8, 4) is 78.5 Å². The van der Waals surface area contributed by atoms with Crippen LogP contribution < -0.4 is 26.2 Å². The number of aromatic nitrogens is 2. The molecule has 0 unspecified atom stereocenters. The molecule has 20 rings (SSSR count). The third kappa shape index (κ3) is 9.78. The van der Waals surface area contributed by atoms with Gasteiger partial charge in [0.15, 0.2) is 5.69 Å². The molecule has 0 fully saturated rings. The average Bonchev–Trinajstić information content (AvgIpc) is 1.37. The van der Waals surface area contributed by atoms with Crippen LogP contribution in [0.5, 0.6) is 0 Å². The molecule has 0 aliphatic carbocycles. The fourth-order valence-corrected chi connectivity index (χ4v) is 17.2. The summed E-state index contributed by atoms with van der Waals surface area (Å²) in [5.41, 5.74) is 24.0. The molecule has 0 N–H and O–H groups in total. The summed E-state index contributed by atoms with van der Waals surface area (Å²) in [5.74, 6) is 0. The van der Waals surface area contributed by atoms with Gasteiger partial charge in [0.1, 0.15) is 0 Å². The molecule has 6 nitrogen and oxygen atoms in total. The van der Waals surface area contributed by atoms with Gasteiger partial charge in [0.2, 0.25) is 0 Å². The molecule has 0 amide bonds. The van der Waals surface area contributed by atoms with Crippen molar-refractivity contribution in [2.45, 2.75) is 52.4 Å². The average molecular weight is 1370 g/mol. The van der Waals surface area contributed by atoms with Gasteiger partial charge in [-0.3, -0.25) is 0 Å². The molecule has 15 aromatic carbocycles. The minimum atomic E-state index is -0.624. The van der Waals surface area contributed by atoms with Crippen molar-refractivity contribution in [1.29, 1.82) is 5.26 Å². The summed E-state index contributed by atoms with van der Waals surface area (Å²) in [7, 11) is 0. The quantitative estimate of drug-likeness (QED) is 0.107. The first-order valence-electron chi connectivity index (χ1n) is 39.9. The predicted molar refractivity (Wildman–Crippen MR) is 450 cm³/mol. The van der Waals surface area contributed by atoms with E-state index in [1.165, 1.54) is 0 Å². The highest BCUT2D eigenvalue weighted by Gasteiger charge is 2.49. The lowest BCUT2D eigenvalue weighted by molar-refractivity contribution is 0.590. The normalized spacial score (nSPS) is 13.6. The van der Waals surface area contributed by atoms with Crippen molar-refractivity contribution in [2.24, 2.45) is 0 Å². The highest BCUT2D eigenvalue weighted by molar-refractivity contribution is 7.01. The largest absolute Gasteiger partial charge is 0.309 e. The monoisotopic (exact) mass is 1370 g/mol. The number of hydrogen-bond acceptors (Lipinski definition) is 3. The lowest BCUT2D eigenvalue weighted by Crippen LogP contribution is -2.61. The topological polar surface area (TPSA) is 44.0 Å². The molecule has 504 valence electrons. The Hall–Kier alpha value is -13.5. The molecule has 7 heteroatoms. The number of benzene rings is 15. The van der Waals surface area contributed by atoms with E-state index in [1.807, 2.05) is 84.9 Å². The molecule has 0 spiro atoms. The van der Waals surface area contributed by atoms with Crippen LogP contribution in [0.3, 0.4) is 0 Å². The third-order valence-corrected chi connectivity index (χ3v) is 22.1. The number of fused-ring (bicyclic) bond motifs is 15. The molecule has 3 aromatic heterocycles. The molecule has 18 aromatic rings. The van der Waals surface area contributed by atoms with Gasteiger partial charge < -0.3 is 18.8 Å². The zero-order chi connectivity index (χ0) is 78.2. The second-order valence-corrected chi connectivity index (χ2v) is 30.4. The van der Waals surface area contributed by atoms with Gasteiger partial charge >= 0.3 is 0 Å². The summed E-state index contributed by atoms with van der Waals surface area (Å²) < 4.78 is 73.6. The first-order chi connectivity index (χ1) is 55.2. The first kappa shape index (κ1) is 56.1. The minimum Gasteiger partial charge on any atom is -0.309 e. The van der Waals surface area contributed by atoms with E-state index in [0.29, 0.717) is 28.2 Å². The van der Waals surface area contributed by atoms with Crippen LogP contribution in [0.15, 0.2) is 321 Å². The smallest absolute Gasteiger partial charge is 0.252 e. The summed E-state index contributed by atoms with van der Waals surface area (Å²) in [5, 5.41) is 15.1. The summed E-state index contributed by atoms with van der Waals surface area (Å²) in [4.78, 5) is 9.19. The van der Waals surface area contributed by atoms with Crippen molar-refractivity contribution in [1.82, 2.24) is 8.97 Å². The van der Waals surface area contributed by atoms with E-state index < -0.39 is 24.2 Å². The summed E-state index contributed by atoms with van der Waals surface area (Å²) >= 11 is 0. The number of anilines is 6. The van der Waals surface area contributed by atoms with E-state index >= 15 is 0 Å². The standard InChI is InChI=1S/C100H71BN6/c1-99(2,3)71-56-79(65-33-16-10-17-34-65)94(81(58-71)69-37-26-28-62(52-69)61-102)106-88-51-47-67(63-29-12-8-13-30-63)54-84(88)101-83-50-48-74(104-85-43-23-20-40-75(85)76-49-46-68(55-89(76)104)64-31-14-9-15-32-64)60-90(83)107(98-92-78-42-22-25-45-87(78)105-86-44-24-21-41-77(86)91(96(92)105)97(106)93(98)101)95-80(66-35-18-11-19-36-66)57-72(100(4,5)6)59-82(95)70-38-27-39-73(53-70)103-7/h8-60H,1-6H3/i20D,23D,40D,43D,46D,49D,55D. The Morgan fingerprint density at radius 3 is 1.48 bits per heavy atom. The highest BCUT2D eigenvalue weighted by Crippen LogP contribution is 2.60. The molecular weight excluding hydrogens is 1300 g/mol. The zero-order valence-corrected chi connectivity index (χ0v) is 59.8. The fraction of sp³-hybridized carbons (Fsp3) is 0.0800. The van der Waals surface area contributed by atoms with Gasteiger partial charge in [0, 0.05) is 71.6 Å². The van der Waals surface area contributed by atoms with Crippen molar-refractivity contribution in [2.75, 3.05) is 9.80 Å². The third-order valence-electron chi connectivity index (χ3n) is 22.1. The van der Waals surface area contributed by atoms with Gasteiger partial charge in [-0.25, -0.2) is 4.85 Å². The Bertz CT molecular complexity index is 7250. The van der Waals surface area contributed by atoms with Crippen LogP contribution >= 0.6 is 0 Å². The van der Waals surface area contributed by atoms with E-state index in [0.717, 1.165) is 150 Å². The molecule has 0 radical (unpaired) electrons. The maximum atomic E-state index is 11.0. The summed E-state index contributed by atoms with van der Waals surface area (Å²) in [6.45, 7) is 21.5. The van der Waals surface area contributed by atoms with E-state index in [1.54, 1.807) is 4.57 Å². The van der Waals surface area contributed by atoms with E-state index in [-0.39, 0.29) is 63.0 Å².